The molecular weight excluding hydrogens is 284 g/mol. The first-order chi connectivity index (χ1) is 9.45. The van der Waals surface area contributed by atoms with Crippen LogP contribution in [0, 0.1) is 11.6 Å². The molecule has 0 aliphatic heterocycles. The van der Waals surface area contributed by atoms with Gasteiger partial charge in [-0.1, -0.05) is 23.7 Å². The summed E-state index contributed by atoms with van der Waals surface area (Å²) < 4.78 is 26.1. The highest BCUT2D eigenvalue weighted by Gasteiger charge is 2.13. The second kappa shape index (κ2) is 6.01. The molecule has 0 aromatic heterocycles. The highest BCUT2D eigenvalue weighted by Crippen LogP contribution is 2.18. The van der Waals surface area contributed by atoms with Crippen molar-refractivity contribution in [2.75, 3.05) is 0 Å². The number of amides is 1. The number of rotatable bonds is 3. The largest absolute Gasteiger partial charge is 0.346 e. The number of carbonyl (C=O) groups is 1. The minimum absolute atomic E-state index is 0.0589. The molecule has 0 bridgehead atoms. The Labute approximate surface area is 120 Å². The first-order valence-electron chi connectivity index (χ1n) is 5.98. The summed E-state index contributed by atoms with van der Waals surface area (Å²) in [7, 11) is 0. The summed E-state index contributed by atoms with van der Waals surface area (Å²) in [5, 5.41) is 3.22. The van der Waals surface area contributed by atoms with E-state index in [9.17, 15) is 13.6 Å². The van der Waals surface area contributed by atoms with E-state index in [1.54, 1.807) is 25.1 Å². The van der Waals surface area contributed by atoms with E-state index >= 15 is 0 Å². The van der Waals surface area contributed by atoms with Crippen LogP contribution in [-0.4, -0.2) is 5.91 Å². The van der Waals surface area contributed by atoms with Crippen LogP contribution in [-0.2, 0) is 0 Å². The molecule has 2 aromatic carbocycles. The molecule has 5 heteroatoms. The minimum Gasteiger partial charge on any atom is -0.346 e. The van der Waals surface area contributed by atoms with Crippen LogP contribution in [0.4, 0.5) is 8.78 Å². The van der Waals surface area contributed by atoms with Crippen LogP contribution in [0.15, 0.2) is 42.5 Å². The molecular formula is C15H12ClF2NO. The van der Waals surface area contributed by atoms with E-state index in [0.717, 1.165) is 23.8 Å². The van der Waals surface area contributed by atoms with Crippen molar-refractivity contribution in [1.29, 1.82) is 0 Å². The van der Waals surface area contributed by atoms with Crippen LogP contribution in [0.3, 0.4) is 0 Å². The van der Waals surface area contributed by atoms with Crippen LogP contribution >= 0.6 is 11.6 Å². The number of hydrogen-bond acceptors (Lipinski definition) is 1. The van der Waals surface area contributed by atoms with Crippen LogP contribution < -0.4 is 5.32 Å². The number of carbonyl (C=O) groups excluding carboxylic acids is 1. The molecule has 0 heterocycles. The van der Waals surface area contributed by atoms with Gasteiger partial charge in [-0.3, -0.25) is 4.79 Å². The highest BCUT2D eigenvalue weighted by molar-refractivity contribution is 6.30. The van der Waals surface area contributed by atoms with Gasteiger partial charge in [-0.25, -0.2) is 8.78 Å². The fraction of sp³-hybridized carbons (Fsp3) is 0.133. The summed E-state index contributed by atoms with van der Waals surface area (Å²) >= 11 is 5.87. The molecule has 2 rings (SSSR count). The summed E-state index contributed by atoms with van der Waals surface area (Å²) in [4.78, 5) is 11.9. The molecule has 0 aliphatic rings. The average molecular weight is 296 g/mol. The second-order valence-electron chi connectivity index (χ2n) is 4.41. The predicted octanol–water partition coefficient (Wildman–Crippen LogP) is 4.11. The van der Waals surface area contributed by atoms with Crippen molar-refractivity contribution in [3.63, 3.8) is 0 Å². The molecule has 20 heavy (non-hydrogen) atoms. The lowest BCUT2D eigenvalue weighted by atomic mass is 10.1. The van der Waals surface area contributed by atoms with Crippen molar-refractivity contribution in [3.05, 3.63) is 70.2 Å². The molecule has 0 saturated carbocycles. The third-order valence-electron chi connectivity index (χ3n) is 2.82. The molecule has 0 radical (unpaired) electrons. The zero-order valence-corrected chi connectivity index (χ0v) is 11.4. The van der Waals surface area contributed by atoms with Gasteiger partial charge < -0.3 is 5.32 Å². The Morgan fingerprint density at radius 3 is 2.40 bits per heavy atom. The van der Waals surface area contributed by atoms with E-state index in [1.807, 2.05) is 6.07 Å². The van der Waals surface area contributed by atoms with Crippen molar-refractivity contribution in [3.8, 4) is 0 Å². The molecule has 1 atom stereocenters. The predicted molar refractivity (Wildman–Crippen MR) is 73.7 cm³/mol. The lowest BCUT2D eigenvalue weighted by Gasteiger charge is -2.14. The standard InChI is InChI=1S/C15H12ClF2NO/c1-9(10-3-2-4-12(16)5-10)19-15(20)11-6-13(17)8-14(18)7-11/h2-9H,1H3,(H,19,20)/t9-/m1/s1. The maximum absolute atomic E-state index is 13.1. The van der Waals surface area contributed by atoms with Crippen molar-refractivity contribution in [1.82, 2.24) is 5.32 Å². The Morgan fingerprint density at radius 2 is 1.80 bits per heavy atom. The summed E-state index contributed by atoms with van der Waals surface area (Å²) in [5.41, 5.74) is 0.749. The van der Waals surface area contributed by atoms with Gasteiger partial charge in [-0.2, -0.15) is 0 Å². The quantitative estimate of drug-likeness (QED) is 0.907. The number of benzene rings is 2. The van der Waals surface area contributed by atoms with E-state index in [1.165, 1.54) is 0 Å². The Kier molecular flexibility index (Phi) is 4.35. The first-order valence-corrected chi connectivity index (χ1v) is 6.36. The molecule has 1 amide bonds. The Morgan fingerprint density at radius 1 is 1.15 bits per heavy atom. The van der Waals surface area contributed by atoms with Crippen LogP contribution in [0.2, 0.25) is 5.02 Å². The molecule has 2 nitrogen and oxygen atoms in total. The Hall–Kier alpha value is -1.94. The molecule has 0 spiro atoms. The summed E-state index contributed by atoms with van der Waals surface area (Å²) in [6.07, 6.45) is 0. The normalized spacial score (nSPS) is 12.0. The maximum Gasteiger partial charge on any atom is 0.251 e. The molecule has 104 valence electrons. The molecule has 2 aromatic rings. The second-order valence-corrected chi connectivity index (χ2v) is 4.84. The van der Waals surface area contributed by atoms with Crippen LogP contribution in [0.5, 0.6) is 0 Å². The number of nitrogens with one attached hydrogen (secondary N) is 1. The Bertz CT molecular complexity index is 625. The van der Waals surface area contributed by atoms with E-state index in [4.69, 9.17) is 11.6 Å². The highest BCUT2D eigenvalue weighted by atomic mass is 35.5. The molecule has 0 saturated heterocycles. The first kappa shape index (κ1) is 14.5. The van der Waals surface area contributed by atoms with Gasteiger partial charge in [0, 0.05) is 16.7 Å². The van der Waals surface area contributed by atoms with Gasteiger partial charge in [0.1, 0.15) is 11.6 Å². The topological polar surface area (TPSA) is 29.1 Å². The van der Waals surface area contributed by atoms with E-state index in [0.29, 0.717) is 5.02 Å². The van der Waals surface area contributed by atoms with Crippen molar-refractivity contribution >= 4 is 17.5 Å². The third-order valence-corrected chi connectivity index (χ3v) is 3.06. The summed E-state index contributed by atoms with van der Waals surface area (Å²) in [5.74, 6) is -2.12. The zero-order chi connectivity index (χ0) is 14.7. The monoisotopic (exact) mass is 295 g/mol. The fourth-order valence-electron chi connectivity index (χ4n) is 1.82. The van der Waals surface area contributed by atoms with Gasteiger partial charge in [0.25, 0.3) is 5.91 Å². The van der Waals surface area contributed by atoms with Gasteiger partial charge in [0.05, 0.1) is 6.04 Å². The van der Waals surface area contributed by atoms with Gasteiger partial charge in [-0.15, -0.1) is 0 Å². The molecule has 1 N–H and O–H groups in total. The van der Waals surface area contributed by atoms with Gasteiger partial charge in [-0.05, 0) is 36.8 Å². The van der Waals surface area contributed by atoms with Crippen molar-refractivity contribution in [2.24, 2.45) is 0 Å². The lowest BCUT2D eigenvalue weighted by Crippen LogP contribution is -2.26. The van der Waals surface area contributed by atoms with E-state index < -0.39 is 17.5 Å². The summed E-state index contributed by atoms with van der Waals surface area (Å²) in [6.45, 7) is 1.76. The minimum atomic E-state index is -0.787. The molecule has 0 aliphatic carbocycles. The lowest BCUT2D eigenvalue weighted by molar-refractivity contribution is 0.0939. The summed E-state index contributed by atoms with van der Waals surface area (Å²) in [6, 6.07) is 9.39. The third kappa shape index (κ3) is 3.54. The van der Waals surface area contributed by atoms with Gasteiger partial charge in [0.2, 0.25) is 0 Å². The fourth-order valence-corrected chi connectivity index (χ4v) is 2.02. The van der Waals surface area contributed by atoms with Crippen molar-refractivity contribution < 1.29 is 13.6 Å². The van der Waals surface area contributed by atoms with Gasteiger partial charge >= 0.3 is 0 Å². The van der Waals surface area contributed by atoms with Crippen LogP contribution in [0.25, 0.3) is 0 Å². The molecule has 0 fully saturated rings. The Balaban J connectivity index is 2.15. The number of halogens is 3. The van der Waals surface area contributed by atoms with Crippen LogP contribution in [0.1, 0.15) is 28.9 Å². The smallest absolute Gasteiger partial charge is 0.251 e. The van der Waals surface area contributed by atoms with E-state index in [2.05, 4.69) is 5.32 Å². The SMILES string of the molecule is C[C@@H](NC(=O)c1cc(F)cc(F)c1)c1cccc(Cl)c1. The average Bonchev–Trinajstić information content (AvgIpc) is 2.37. The van der Waals surface area contributed by atoms with Crippen molar-refractivity contribution in [2.45, 2.75) is 13.0 Å². The number of hydrogen-bond donors (Lipinski definition) is 1. The molecule has 0 unspecified atom stereocenters. The van der Waals surface area contributed by atoms with Gasteiger partial charge in [0.15, 0.2) is 0 Å². The van der Waals surface area contributed by atoms with E-state index in [-0.39, 0.29) is 11.6 Å². The zero-order valence-electron chi connectivity index (χ0n) is 10.7. The maximum atomic E-state index is 13.1.